The molecular weight excluding hydrogens is 226 g/mol. The van der Waals surface area contributed by atoms with Crippen LogP contribution in [0.15, 0.2) is 0 Å². The Bertz CT molecular complexity index is 247. The average molecular weight is 255 g/mol. The van der Waals surface area contributed by atoms with Crippen LogP contribution in [0.4, 0.5) is 0 Å². The van der Waals surface area contributed by atoms with Crippen LogP contribution < -0.4 is 0 Å². The summed E-state index contributed by atoms with van der Waals surface area (Å²) in [6, 6.07) is 0.383. The normalized spacial score (nSPS) is 38.8. The van der Waals surface area contributed by atoms with Gasteiger partial charge >= 0.3 is 0 Å². The number of nitrogens with zero attached hydrogens (tertiary/aromatic N) is 1. The van der Waals surface area contributed by atoms with Gasteiger partial charge in [-0.3, -0.25) is 4.90 Å². The van der Waals surface area contributed by atoms with Gasteiger partial charge in [-0.15, -0.1) is 0 Å². The minimum atomic E-state index is -0.117. The largest absolute Gasteiger partial charge is 0.391 e. The van der Waals surface area contributed by atoms with E-state index in [0.717, 1.165) is 38.5 Å². The lowest BCUT2D eigenvalue weighted by molar-refractivity contribution is -0.0800. The van der Waals surface area contributed by atoms with Gasteiger partial charge in [-0.1, -0.05) is 26.7 Å². The number of rotatable bonds is 4. The molecule has 4 atom stereocenters. The second-order valence-corrected chi connectivity index (χ2v) is 6.00. The molecule has 0 aromatic rings. The molecular formula is C15H29NO2. The van der Waals surface area contributed by atoms with Crippen molar-refractivity contribution in [2.24, 2.45) is 5.92 Å². The Kier molecular flexibility index (Phi) is 5.46. The van der Waals surface area contributed by atoms with Crippen molar-refractivity contribution in [3.05, 3.63) is 0 Å². The number of hydrogen-bond acceptors (Lipinski definition) is 3. The SMILES string of the molecule is CCCC1CCC(O)C(N2CCOC(CC)C2)C1. The van der Waals surface area contributed by atoms with Gasteiger partial charge in [0.2, 0.25) is 0 Å². The fraction of sp³-hybridized carbons (Fsp3) is 1.00. The van der Waals surface area contributed by atoms with Crippen LogP contribution in [0, 0.1) is 5.92 Å². The first kappa shape index (κ1) is 14.3. The van der Waals surface area contributed by atoms with Crippen molar-refractivity contribution < 1.29 is 9.84 Å². The van der Waals surface area contributed by atoms with Crippen molar-refractivity contribution in [3.8, 4) is 0 Å². The minimum Gasteiger partial charge on any atom is -0.391 e. The molecule has 1 saturated heterocycles. The van der Waals surface area contributed by atoms with E-state index >= 15 is 0 Å². The van der Waals surface area contributed by atoms with Gasteiger partial charge in [0.25, 0.3) is 0 Å². The zero-order valence-electron chi connectivity index (χ0n) is 12.0. The molecule has 0 aromatic heterocycles. The third-order valence-electron chi connectivity index (χ3n) is 4.68. The molecule has 1 saturated carbocycles. The molecule has 3 heteroatoms. The summed E-state index contributed by atoms with van der Waals surface area (Å²) < 4.78 is 5.73. The molecule has 1 heterocycles. The van der Waals surface area contributed by atoms with Crippen molar-refractivity contribution >= 4 is 0 Å². The lowest BCUT2D eigenvalue weighted by Crippen LogP contribution is -2.53. The van der Waals surface area contributed by atoms with E-state index in [1.165, 1.54) is 25.7 Å². The van der Waals surface area contributed by atoms with E-state index in [0.29, 0.717) is 12.1 Å². The van der Waals surface area contributed by atoms with Crippen LogP contribution in [-0.2, 0) is 4.74 Å². The Balaban J connectivity index is 1.92. The van der Waals surface area contributed by atoms with Crippen molar-refractivity contribution in [1.29, 1.82) is 0 Å². The van der Waals surface area contributed by atoms with E-state index in [1.807, 2.05) is 0 Å². The summed E-state index contributed by atoms with van der Waals surface area (Å²) in [6.45, 7) is 7.29. The zero-order chi connectivity index (χ0) is 13.0. The van der Waals surface area contributed by atoms with Gasteiger partial charge in [0.1, 0.15) is 0 Å². The first-order valence-electron chi connectivity index (χ1n) is 7.78. The maximum atomic E-state index is 10.3. The number of morpholine rings is 1. The quantitative estimate of drug-likeness (QED) is 0.837. The molecule has 18 heavy (non-hydrogen) atoms. The molecule has 0 spiro atoms. The summed E-state index contributed by atoms with van der Waals surface area (Å²) in [5, 5.41) is 10.3. The highest BCUT2D eigenvalue weighted by atomic mass is 16.5. The van der Waals surface area contributed by atoms with Gasteiger partial charge in [0, 0.05) is 19.1 Å². The highest BCUT2D eigenvalue weighted by Gasteiger charge is 2.35. The van der Waals surface area contributed by atoms with Gasteiger partial charge < -0.3 is 9.84 Å². The first-order valence-corrected chi connectivity index (χ1v) is 7.78. The summed E-state index contributed by atoms with van der Waals surface area (Å²) in [5.41, 5.74) is 0. The number of aliphatic hydroxyl groups is 1. The molecule has 106 valence electrons. The van der Waals surface area contributed by atoms with Gasteiger partial charge in [-0.2, -0.15) is 0 Å². The Hall–Kier alpha value is -0.120. The molecule has 1 N–H and O–H groups in total. The Morgan fingerprint density at radius 1 is 1.28 bits per heavy atom. The predicted octanol–water partition coefficient (Wildman–Crippen LogP) is 2.43. The van der Waals surface area contributed by atoms with Crippen molar-refractivity contribution in [2.45, 2.75) is 70.6 Å². The van der Waals surface area contributed by atoms with E-state index in [4.69, 9.17) is 4.74 Å². The van der Waals surface area contributed by atoms with Crippen LogP contribution in [-0.4, -0.2) is 48.0 Å². The van der Waals surface area contributed by atoms with E-state index < -0.39 is 0 Å². The molecule has 0 radical (unpaired) electrons. The number of hydrogen-bond donors (Lipinski definition) is 1. The maximum absolute atomic E-state index is 10.3. The molecule has 1 aliphatic heterocycles. The third-order valence-corrected chi connectivity index (χ3v) is 4.68. The van der Waals surface area contributed by atoms with E-state index in [1.54, 1.807) is 0 Å². The van der Waals surface area contributed by atoms with Gasteiger partial charge in [-0.25, -0.2) is 0 Å². The molecule has 2 fully saturated rings. The van der Waals surface area contributed by atoms with Crippen molar-refractivity contribution in [1.82, 2.24) is 4.90 Å². The molecule has 3 nitrogen and oxygen atoms in total. The second-order valence-electron chi connectivity index (χ2n) is 6.00. The van der Waals surface area contributed by atoms with Crippen LogP contribution in [0.5, 0.6) is 0 Å². The van der Waals surface area contributed by atoms with E-state index in [-0.39, 0.29) is 6.10 Å². The minimum absolute atomic E-state index is 0.117. The molecule has 0 amide bonds. The zero-order valence-corrected chi connectivity index (χ0v) is 12.0. The van der Waals surface area contributed by atoms with Crippen molar-refractivity contribution in [2.75, 3.05) is 19.7 Å². The predicted molar refractivity (Wildman–Crippen MR) is 73.6 cm³/mol. The van der Waals surface area contributed by atoms with E-state index in [2.05, 4.69) is 18.7 Å². The molecule has 4 unspecified atom stereocenters. The Morgan fingerprint density at radius 3 is 2.83 bits per heavy atom. The molecule has 1 aliphatic carbocycles. The summed E-state index contributed by atoms with van der Waals surface area (Å²) in [7, 11) is 0. The lowest BCUT2D eigenvalue weighted by atomic mass is 9.80. The topological polar surface area (TPSA) is 32.7 Å². The smallest absolute Gasteiger partial charge is 0.0700 e. The maximum Gasteiger partial charge on any atom is 0.0700 e. The van der Waals surface area contributed by atoms with Gasteiger partial charge in [-0.05, 0) is 31.6 Å². The fourth-order valence-electron chi connectivity index (χ4n) is 3.57. The summed E-state index contributed by atoms with van der Waals surface area (Å²) in [5.74, 6) is 0.825. The first-order chi connectivity index (χ1) is 8.74. The molecule has 2 rings (SSSR count). The van der Waals surface area contributed by atoms with Gasteiger partial charge in [0.15, 0.2) is 0 Å². The number of aliphatic hydroxyl groups excluding tert-OH is 1. The lowest BCUT2D eigenvalue weighted by Gasteiger charge is -2.44. The van der Waals surface area contributed by atoms with Crippen molar-refractivity contribution in [3.63, 3.8) is 0 Å². The van der Waals surface area contributed by atoms with Crippen LogP contribution in [0.3, 0.4) is 0 Å². The monoisotopic (exact) mass is 255 g/mol. The highest BCUT2D eigenvalue weighted by molar-refractivity contribution is 4.88. The van der Waals surface area contributed by atoms with Crippen LogP contribution in [0.1, 0.15) is 52.4 Å². The highest BCUT2D eigenvalue weighted by Crippen LogP contribution is 2.32. The van der Waals surface area contributed by atoms with E-state index in [9.17, 15) is 5.11 Å². The van der Waals surface area contributed by atoms with Gasteiger partial charge in [0.05, 0.1) is 18.8 Å². The Morgan fingerprint density at radius 2 is 2.11 bits per heavy atom. The third kappa shape index (κ3) is 3.46. The molecule has 0 aromatic carbocycles. The van der Waals surface area contributed by atoms with Crippen LogP contribution in [0.25, 0.3) is 0 Å². The van der Waals surface area contributed by atoms with Crippen LogP contribution in [0.2, 0.25) is 0 Å². The Labute approximate surface area is 112 Å². The summed E-state index contributed by atoms with van der Waals surface area (Å²) in [4.78, 5) is 2.49. The molecule has 2 aliphatic rings. The number of ether oxygens (including phenoxy) is 1. The van der Waals surface area contributed by atoms with Crippen LogP contribution >= 0.6 is 0 Å². The summed E-state index contributed by atoms with van der Waals surface area (Å²) in [6.07, 6.45) is 7.32. The average Bonchev–Trinajstić information content (AvgIpc) is 2.41. The fourth-order valence-corrected chi connectivity index (χ4v) is 3.57. The second kappa shape index (κ2) is 6.88. The summed E-state index contributed by atoms with van der Waals surface area (Å²) >= 11 is 0. The standard InChI is InChI=1S/C15H29NO2/c1-3-5-12-6-7-15(17)14(10-12)16-8-9-18-13(4-2)11-16/h12-15,17H,3-11H2,1-2H3. The molecule has 0 bridgehead atoms.